The predicted octanol–water partition coefficient (Wildman–Crippen LogP) is 1.96. The third-order valence-electron chi connectivity index (χ3n) is 3.89. The fourth-order valence-corrected chi connectivity index (χ4v) is 2.28. The first-order valence-electron chi connectivity index (χ1n) is 8.96. The number of aryl methyl sites for hydroxylation is 1. The number of rotatable bonds is 10. The molecule has 1 heterocycles. The number of nitrogens with zero attached hydrogens (tertiary/aromatic N) is 2. The van der Waals surface area contributed by atoms with Crippen molar-refractivity contribution in [1.82, 2.24) is 20.8 Å². The number of aromatic nitrogens is 2. The molecule has 27 heavy (non-hydrogen) atoms. The van der Waals surface area contributed by atoms with Crippen LogP contribution in [0.2, 0.25) is 0 Å². The quantitative estimate of drug-likeness (QED) is 0.658. The first-order valence-corrected chi connectivity index (χ1v) is 8.96. The van der Waals surface area contributed by atoms with Gasteiger partial charge in [0.2, 0.25) is 17.7 Å². The van der Waals surface area contributed by atoms with Crippen LogP contribution in [0.5, 0.6) is 5.75 Å². The molecule has 0 fully saturated rings. The van der Waals surface area contributed by atoms with Gasteiger partial charge in [0, 0.05) is 25.3 Å². The molecule has 2 aromatic rings. The molecule has 0 aliphatic rings. The van der Waals surface area contributed by atoms with E-state index in [0.29, 0.717) is 37.5 Å². The van der Waals surface area contributed by atoms with Crippen molar-refractivity contribution in [3.8, 4) is 5.75 Å². The topological polar surface area (TPSA) is 106 Å². The highest BCUT2D eigenvalue weighted by atomic mass is 16.5. The molecule has 0 saturated carbocycles. The minimum Gasteiger partial charge on any atom is -0.497 e. The van der Waals surface area contributed by atoms with Crippen molar-refractivity contribution in [3.05, 3.63) is 41.5 Å². The van der Waals surface area contributed by atoms with E-state index in [-0.39, 0.29) is 24.3 Å². The van der Waals surface area contributed by atoms with Crippen LogP contribution in [-0.4, -0.2) is 35.6 Å². The summed E-state index contributed by atoms with van der Waals surface area (Å²) >= 11 is 0. The minimum atomic E-state index is -0.238. The van der Waals surface area contributed by atoms with Gasteiger partial charge >= 0.3 is 0 Å². The third kappa shape index (κ3) is 7.08. The van der Waals surface area contributed by atoms with Gasteiger partial charge in [0.25, 0.3) is 0 Å². The first kappa shape index (κ1) is 20.4. The maximum atomic E-state index is 11.8. The predicted molar refractivity (Wildman–Crippen MR) is 99.2 cm³/mol. The molecule has 0 aliphatic heterocycles. The number of carbonyl (C=O) groups is 2. The minimum absolute atomic E-state index is 0.0486. The molecule has 0 atom stereocenters. The lowest BCUT2D eigenvalue weighted by atomic mass is 10.2. The van der Waals surface area contributed by atoms with Crippen LogP contribution in [0, 0.1) is 0 Å². The molecule has 1 aromatic heterocycles. The van der Waals surface area contributed by atoms with E-state index >= 15 is 0 Å². The van der Waals surface area contributed by atoms with Crippen LogP contribution in [0.4, 0.5) is 0 Å². The van der Waals surface area contributed by atoms with E-state index in [2.05, 4.69) is 20.8 Å². The summed E-state index contributed by atoms with van der Waals surface area (Å²) in [6.45, 7) is 4.32. The summed E-state index contributed by atoms with van der Waals surface area (Å²) < 4.78 is 10.2. The largest absolute Gasteiger partial charge is 0.497 e. The van der Waals surface area contributed by atoms with Gasteiger partial charge in [-0.05, 0) is 24.1 Å². The summed E-state index contributed by atoms with van der Waals surface area (Å²) in [5.74, 6) is 1.75. The highest BCUT2D eigenvalue weighted by Gasteiger charge is 2.11. The number of amides is 2. The molecule has 0 saturated heterocycles. The second-order valence-corrected chi connectivity index (χ2v) is 6.46. The highest BCUT2D eigenvalue weighted by Crippen LogP contribution is 2.11. The van der Waals surface area contributed by atoms with Crippen molar-refractivity contribution in [2.75, 3.05) is 13.7 Å². The standard InChI is InChI=1S/C19H26N4O4/c1-13(2)19-22-18(27-23-19)6-4-5-16(24)21-12-17(25)20-11-14-7-9-15(26-3)10-8-14/h7-10,13H,4-6,11-12H2,1-3H3,(H,20,25)(H,21,24). The highest BCUT2D eigenvalue weighted by molar-refractivity contribution is 5.84. The fourth-order valence-electron chi connectivity index (χ4n) is 2.28. The Hall–Kier alpha value is -2.90. The summed E-state index contributed by atoms with van der Waals surface area (Å²) in [7, 11) is 1.60. The Morgan fingerprint density at radius 3 is 2.52 bits per heavy atom. The second kappa shape index (κ2) is 10.3. The van der Waals surface area contributed by atoms with Gasteiger partial charge in [0.15, 0.2) is 5.82 Å². The number of nitrogens with one attached hydrogen (secondary N) is 2. The molecule has 2 N–H and O–H groups in total. The lowest BCUT2D eigenvalue weighted by Gasteiger charge is -2.07. The molecule has 2 amide bonds. The van der Waals surface area contributed by atoms with Gasteiger partial charge in [-0.1, -0.05) is 31.1 Å². The summed E-state index contributed by atoms with van der Waals surface area (Å²) in [6.07, 6.45) is 1.42. The van der Waals surface area contributed by atoms with Crippen LogP contribution in [0.3, 0.4) is 0 Å². The van der Waals surface area contributed by atoms with Crippen LogP contribution < -0.4 is 15.4 Å². The van der Waals surface area contributed by atoms with Crippen LogP contribution in [-0.2, 0) is 22.6 Å². The normalized spacial score (nSPS) is 10.7. The van der Waals surface area contributed by atoms with Gasteiger partial charge < -0.3 is 19.9 Å². The molecular formula is C19H26N4O4. The van der Waals surface area contributed by atoms with Crippen molar-refractivity contribution < 1.29 is 18.8 Å². The van der Waals surface area contributed by atoms with E-state index < -0.39 is 0 Å². The molecule has 0 aliphatic carbocycles. The molecule has 146 valence electrons. The number of benzene rings is 1. The van der Waals surface area contributed by atoms with Crippen LogP contribution in [0.1, 0.15) is 49.9 Å². The summed E-state index contributed by atoms with van der Waals surface area (Å²) in [5.41, 5.74) is 0.954. The SMILES string of the molecule is COc1ccc(CNC(=O)CNC(=O)CCCc2nc(C(C)C)no2)cc1. The summed E-state index contributed by atoms with van der Waals surface area (Å²) in [6, 6.07) is 7.41. The average molecular weight is 374 g/mol. The number of hydrogen-bond acceptors (Lipinski definition) is 6. The van der Waals surface area contributed by atoms with Crippen molar-refractivity contribution in [2.45, 2.75) is 45.6 Å². The molecule has 2 rings (SSSR count). The number of carbonyl (C=O) groups excluding carboxylic acids is 2. The van der Waals surface area contributed by atoms with Crippen molar-refractivity contribution in [1.29, 1.82) is 0 Å². The fraction of sp³-hybridized carbons (Fsp3) is 0.474. The maximum Gasteiger partial charge on any atom is 0.239 e. The van der Waals surface area contributed by atoms with Crippen molar-refractivity contribution >= 4 is 11.8 Å². The van der Waals surface area contributed by atoms with Gasteiger partial charge in [-0.25, -0.2) is 0 Å². The Morgan fingerprint density at radius 2 is 1.89 bits per heavy atom. The van der Waals surface area contributed by atoms with Crippen LogP contribution in [0.15, 0.2) is 28.8 Å². The van der Waals surface area contributed by atoms with Crippen molar-refractivity contribution in [3.63, 3.8) is 0 Å². The molecule has 0 radical (unpaired) electrons. The summed E-state index contributed by atoms with van der Waals surface area (Å²) in [5, 5.41) is 9.25. The van der Waals surface area contributed by atoms with Crippen molar-refractivity contribution in [2.24, 2.45) is 0 Å². The van der Waals surface area contributed by atoms with E-state index in [1.807, 2.05) is 38.1 Å². The Balaban J connectivity index is 1.60. The van der Waals surface area contributed by atoms with Gasteiger partial charge in [-0.3, -0.25) is 9.59 Å². The molecular weight excluding hydrogens is 348 g/mol. The van der Waals surface area contributed by atoms with Gasteiger partial charge in [-0.15, -0.1) is 0 Å². The van der Waals surface area contributed by atoms with E-state index in [1.54, 1.807) is 7.11 Å². The Kier molecular flexibility index (Phi) is 7.79. The van der Waals surface area contributed by atoms with Gasteiger partial charge in [-0.2, -0.15) is 4.98 Å². The van der Waals surface area contributed by atoms with E-state index in [0.717, 1.165) is 11.3 Å². The third-order valence-corrected chi connectivity index (χ3v) is 3.89. The average Bonchev–Trinajstić information content (AvgIpc) is 3.14. The van der Waals surface area contributed by atoms with Crippen LogP contribution >= 0.6 is 0 Å². The lowest BCUT2D eigenvalue weighted by Crippen LogP contribution is -2.36. The van der Waals surface area contributed by atoms with Gasteiger partial charge in [0.05, 0.1) is 13.7 Å². The zero-order chi connectivity index (χ0) is 19.6. The van der Waals surface area contributed by atoms with E-state index in [4.69, 9.17) is 9.26 Å². The number of ether oxygens (including phenoxy) is 1. The van der Waals surface area contributed by atoms with Crippen LogP contribution in [0.25, 0.3) is 0 Å². The number of hydrogen-bond donors (Lipinski definition) is 2. The smallest absolute Gasteiger partial charge is 0.239 e. The zero-order valence-corrected chi connectivity index (χ0v) is 15.9. The zero-order valence-electron chi connectivity index (χ0n) is 15.9. The van der Waals surface area contributed by atoms with E-state index in [9.17, 15) is 9.59 Å². The molecule has 1 aromatic carbocycles. The first-order chi connectivity index (χ1) is 13.0. The second-order valence-electron chi connectivity index (χ2n) is 6.46. The Labute approximate surface area is 158 Å². The molecule has 0 unspecified atom stereocenters. The monoisotopic (exact) mass is 374 g/mol. The Morgan fingerprint density at radius 1 is 1.15 bits per heavy atom. The molecule has 8 heteroatoms. The van der Waals surface area contributed by atoms with E-state index in [1.165, 1.54) is 0 Å². The molecule has 0 bridgehead atoms. The molecule has 0 spiro atoms. The molecule has 8 nitrogen and oxygen atoms in total. The lowest BCUT2D eigenvalue weighted by molar-refractivity contribution is -0.126. The summed E-state index contributed by atoms with van der Waals surface area (Å²) in [4.78, 5) is 27.9. The Bertz CT molecular complexity index is 740. The maximum absolute atomic E-state index is 11.8. The van der Waals surface area contributed by atoms with Gasteiger partial charge in [0.1, 0.15) is 5.75 Å². The number of methoxy groups -OCH3 is 1.